The molecule has 3 amide bonds. The lowest BCUT2D eigenvalue weighted by Crippen LogP contribution is -2.44. The van der Waals surface area contributed by atoms with Gasteiger partial charge in [0.2, 0.25) is 0 Å². The number of hydrazine groups is 1. The van der Waals surface area contributed by atoms with Gasteiger partial charge in [0.05, 0.1) is 12.2 Å². The lowest BCUT2D eigenvalue weighted by Gasteiger charge is -2.18. The zero-order valence-corrected chi connectivity index (χ0v) is 13.2. The second kappa shape index (κ2) is 7.35. The first kappa shape index (κ1) is 16.3. The molecule has 0 aliphatic carbocycles. The summed E-state index contributed by atoms with van der Waals surface area (Å²) < 4.78 is 5.25. The first-order valence-corrected chi connectivity index (χ1v) is 7.56. The lowest BCUT2D eigenvalue weighted by molar-refractivity contribution is -0.120. The molecular weight excluding hydrogens is 324 g/mol. The zero-order valence-electron chi connectivity index (χ0n) is 13.2. The molecule has 1 aliphatic heterocycles. The fourth-order valence-electron chi connectivity index (χ4n) is 2.20. The van der Waals surface area contributed by atoms with E-state index in [1.807, 2.05) is 30.3 Å². The summed E-state index contributed by atoms with van der Waals surface area (Å²) in [5.41, 5.74) is 6.26. The van der Waals surface area contributed by atoms with Crippen LogP contribution in [0.5, 0.6) is 5.75 Å². The molecule has 0 bridgehead atoms. The van der Waals surface area contributed by atoms with Gasteiger partial charge in [-0.25, -0.2) is 0 Å². The Balaban J connectivity index is 1.50. The number of nitrogens with one attached hydrogen (secondary N) is 4. The standard InChI is InChI=1S/C17H16N4O4/c22-15(9-18-12-4-2-1-3-5-12)20-21-17(24)11-6-7-13-14(8-11)25-10-16(23)19-13/h1-8,18H,9-10H2,(H,19,23)(H,20,22)(H,21,24). The summed E-state index contributed by atoms with van der Waals surface area (Å²) in [5, 5.41) is 5.56. The molecule has 0 aromatic heterocycles. The van der Waals surface area contributed by atoms with Gasteiger partial charge in [0.1, 0.15) is 5.75 Å². The van der Waals surface area contributed by atoms with E-state index in [2.05, 4.69) is 21.5 Å². The van der Waals surface area contributed by atoms with Gasteiger partial charge in [-0.15, -0.1) is 0 Å². The first-order chi connectivity index (χ1) is 12.1. The lowest BCUT2D eigenvalue weighted by atomic mass is 10.1. The van der Waals surface area contributed by atoms with Crippen LogP contribution in [0.2, 0.25) is 0 Å². The molecule has 128 valence electrons. The molecule has 0 radical (unpaired) electrons. The van der Waals surface area contributed by atoms with Gasteiger partial charge in [-0.3, -0.25) is 25.2 Å². The minimum atomic E-state index is -0.489. The number of benzene rings is 2. The second-order valence-corrected chi connectivity index (χ2v) is 5.27. The van der Waals surface area contributed by atoms with E-state index in [0.717, 1.165) is 5.69 Å². The Bertz CT molecular complexity index is 808. The number of rotatable bonds is 4. The molecule has 25 heavy (non-hydrogen) atoms. The van der Waals surface area contributed by atoms with Crippen molar-refractivity contribution in [1.29, 1.82) is 0 Å². The van der Waals surface area contributed by atoms with Crippen LogP contribution in [0.15, 0.2) is 48.5 Å². The predicted octanol–water partition coefficient (Wildman–Crippen LogP) is 0.891. The number of fused-ring (bicyclic) bond motifs is 1. The fourth-order valence-corrected chi connectivity index (χ4v) is 2.20. The molecule has 8 nitrogen and oxygen atoms in total. The molecule has 8 heteroatoms. The topological polar surface area (TPSA) is 109 Å². The number of carbonyl (C=O) groups excluding carboxylic acids is 3. The maximum atomic E-state index is 12.1. The number of anilines is 2. The van der Waals surface area contributed by atoms with Crippen molar-refractivity contribution >= 4 is 29.1 Å². The van der Waals surface area contributed by atoms with Crippen LogP contribution in [0.3, 0.4) is 0 Å². The third-order valence-electron chi connectivity index (χ3n) is 3.42. The highest BCUT2D eigenvalue weighted by Crippen LogP contribution is 2.28. The summed E-state index contributed by atoms with van der Waals surface area (Å²) in [6, 6.07) is 13.8. The summed E-state index contributed by atoms with van der Waals surface area (Å²) in [7, 11) is 0. The summed E-state index contributed by atoms with van der Waals surface area (Å²) in [6.45, 7) is -0.0798. The van der Waals surface area contributed by atoms with Gasteiger partial charge in [0, 0.05) is 11.3 Å². The highest BCUT2D eigenvalue weighted by molar-refractivity contribution is 5.99. The van der Waals surface area contributed by atoms with Crippen LogP contribution in [0.1, 0.15) is 10.4 Å². The van der Waals surface area contributed by atoms with Gasteiger partial charge in [0.15, 0.2) is 6.61 Å². The minimum absolute atomic E-state index is 0.0175. The SMILES string of the molecule is O=C(CNc1ccccc1)NNC(=O)c1ccc2c(c1)OCC(=O)N2. The maximum Gasteiger partial charge on any atom is 0.269 e. The minimum Gasteiger partial charge on any atom is -0.482 e. The van der Waals surface area contributed by atoms with Gasteiger partial charge in [-0.05, 0) is 30.3 Å². The molecule has 2 aromatic rings. The average molecular weight is 340 g/mol. The van der Waals surface area contributed by atoms with Crippen molar-refractivity contribution in [3.8, 4) is 5.75 Å². The van der Waals surface area contributed by atoms with E-state index < -0.39 is 11.8 Å². The third-order valence-corrected chi connectivity index (χ3v) is 3.42. The molecule has 0 saturated heterocycles. The Labute approximate surface area is 143 Å². The van der Waals surface area contributed by atoms with Crippen LogP contribution >= 0.6 is 0 Å². The Morgan fingerprint density at radius 3 is 2.68 bits per heavy atom. The Hall–Kier alpha value is -3.55. The van der Waals surface area contributed by atoms with Crippen LogP contribution in [-0.4, -0.2) is 30.9 Å². The van der Waals surface area contributed by atoms with Gasteiger partial charge >= 0.3 is 0 Å². The molecule has 1 aliphatic rings. The first-order valence-electron chi connectivity index (χ1n) is 7.56. The molecule has 0 atom stereocenters. The molecule has 0 fully saturated rings. The summed E-state index contributed by atoms with van der Waals surface area (Å²) in [4.78, 5) is 35.1. The van der Waals surface area contributed by atoms with Crippen LogP contribution in [-0.2, 0) is 9.59 Å². The Morgan fingerprint density at radius 1 is 1.08 bits per heavy atom. The van der Waals surface area contributed by atoms with Gasteiger partial charge in [-0.1, -0.05) is 18.2 Å². The van der Waals surface area contributed by atoms with Crippen LogP contribution < -0.4 is 26.2 Å². The predicted molar refractivity (Wildman–Crippen MR) is 91.1 cm³/mol. The normalized spacial score (nSPS) is 12.2. The van der Waals surface area contributed by atoms with Crippen LogP contribution in [0.4, 0.5) is 11.4 Å². The fraction of sp³-hybridized carbons (Fsp3) is 0.118. The molecular formula is C17H16N4O4. The van der Waals surface area contributed by atoms with E-state index in [-0.39, 0.29) is 19.1 Å². The molecule has 3 rings (SSSR count). The van der Waals surface area contributed by atoms with Crippen LogP contribution in [0, 0.1) is 0 Å². The Kier molecular flexibility index (Phi) is 4.79. The average Bonchev–Trinajstić information content (AvgIpc) is 2.64. The maximum absolute atomic E-state index is 12.1. The molecule has 0 saturated carbocycles. The number of hydrogen-bond donors (Lipinski definition) is 4. The molecule has 0 unspecified atom stereocenters. The summed E-state index contributed by atoms with van der Waals surface area (Å²) in [6.07, 6.45) is 0. The molecule has 4 N–H and O–H groups in total. The largest absolute Gasteiger partial charge is 0.482 e. The van der Waals surface area contributed by atoms with E-state index in [1.165, 1.54) is 12.1 Å². The summed E-state index contributed by atoms with van der Waals surface area (Å²) in [5.74, 6) is -0.720. The number of ether oxygens (including phenoxy) is 1. The molecule has 1 heterocycles. The van der Waals surface area contributed by atoms with E-state index in [0.29, 0.717) is 17.0 Å². The van der Waals surface area contributed by atoms with E-state index in [9.17, 15) is 14.4 Å². The van der Waals surface area contributed by atoms with Crippen LogP contribution in [0.25, 0.3) is 0 Å². The van der Waals surface area contributed by atoms with Gasteiger partial charge < -0.3 is 15.4 Å². The van der Waals surface area contributed by atoms with E-state index in [4.69, 9.17) is 4.74 Å². The van der Waals surface area contributed by atoms with E-state index >= 15 is 0 Å². The highest BCUT2D eigenvalue weighted by Gasteiger charge is 2.18. The highest BCUT2D eigenvalue weighted by atomic mass is 16.5. The number of para-hydroxylation sites is 1. The van der Waals surface area contributed by atoms with Crippen molar-refractivity contribution in [2.75, 3.05) is 23.8 Å². The van der Waals surface area contributed by atoms with E-state index in [1.54, 1.807) is 6.07 Å². The van der Waals surface area contributed by atoms with Crippen molar-refractivity contribution in [3.63, 3.8) is 0 Å². The molecule has 0 spiro atoms. The van der Waals surface area contributed by atoms with Gasteiger partial charge in [-0.2, -0.15) is 0 Å². The van der Waals surface area contributed by atoms with Crippen molar-refractivity contribution in [2.24, 2.45) is 0 Å². The monoisotopic (exact) mass is 340 g/mol. The smallest absolute Gasteiger partial charge is 0.269 e. The van der Waals surface area contributed by atoms with Crippen molar-refractivity contribution in [1.82, 2.24) is 10.9 Å². The number of amides is 3. The number of hydrogen-bond acceptors (Lipinski definition) is 5. The summed E-state index contributed by atoms with van der Waals surface area (Å²) >= 11 is 0. The van der Waals surface area contributed by atoms with Crippen molar-refractivity contribution < 1.29 is 19.1 Å². The quantitative estimate of drug-likeness (QED) is 0.618. The Morgan fingerprint density at radius 2 is 1.88 bits per heavy atom. The van der Waals surface area contributed by atoms with Gasteiger partial charge in [0.25, 0.3) is 17.7 Å². The molecule has 2 aromatic carbocycles. The van der Waals surface area contributed by atoms with Crippen molar-refractivity contribution in [3.05, 3.63) is 54.1 Å². The third kappa shape index (κ3) is 4.25. The number of carbonyl (C=O) groups is 3. The van der Waals surface area contributed by atoms with Crippen molar-refractivity contribution in [2.45, 2.75) is 0 Å². The second-order valence-electron chi connectivity index (χ2n) is 5.27. The zero-order chi connectivity index (χ0) is 17.6.